The lowest BCUT2D eigenvalue weighted by molar-refractivity contribution is -0.142. The number of ketones is 1. The molecule has 0 rings (SSSR count). The van der Waals surface area contributed by atoms with Crippen molar-refractivity contribution in [3.05, 3.63) is 5.53 Å². The summed E-state index contributed by atoms with van der Waals surface area (Å²) in [6.07, 6.45) is 2.89. The Labute approximate surface area is 88.0 Å². The lowest BCUT2D eigenvalue weighted by Gasteiger charge is -2.07. The maximum atomic E-state index is 10.9. The van der Waals surface area contributed by atoms with E-state index in [-0.39, 0.29) is 12.2 Å². The number of unbranched alkanes of at least 4 members (excludes halogenated alkanes) is 1. The molecule has 0 spiro atoms. The first-order valence-corrected chi connectivity index (χ1v) is 4.65. The third kappa shape index (κ3) is 6.54. The largest absolute Gasteiger partial charge is 0.468 e. The van der Waals surface area contributed by atoms with Gasteiger partial charge in [-0.3, -0.25) is 9.59 Å². The first-order chi connectivity index (χ1) is 7.11. The van der Waals surface area contributed by atoms with Crippen LogP contribution in [0.25, 0.3) is 5.53 Å². The van der Waals surface area contributed by atoms with Crippen molar-refractivity contribution in [3.63, 3.8) is 0 Å². The lowest BCUT2D eigenvalue weighted by Crippen LogP contribution is -2.31. The second-order valence-electron chi connectivity index (χ2n) is 3.09. The third-order valence-electron chi connectivity index (χ3n) is 1.89. The van der Waals surface area contributed by atoms with Gasteiger partial charge in [-0.05, 0) is 12.8 Å². The van der Waals surface area contributed by atoms with Gasteiger partial charge >= 0.3 is 12.2 Å². The summed E-state index contributed by atoms with van der Waals surface area (Å²) in [5.74, 6) is -0.692. The van der Waals surface area contributed by atoms with Crippen molar-refractivity contribution in [1.29, 1.82) is 0 Å². The minimum atomic E-state index is -0.628. The average Bonchev–Trinajstić information content (AvgIpc) is 2.23. The molecule has 0 saturated carbocycles. The molecule has 0 aliphatic rings. The summed E-state index contributed by atoms with van der Waals surface area (Å²) >= 11 is 0. The van der Waals surface area contributed by atoms with Crippen LogP contribution in [-0.2, 0) is 14.3 Å². The van der Waals surface area contributed by atoms with Crippen molar-refractivity contribution >= 4 is 18.0 Å². The van der Waals surface area contributed by atoms with Gasteiger partial charge < -0.3 is 16.0 Å². The van der Waals surface area contributed by atoms with E-state index in [1.807, 2.05) is 0 Å². The van der Waals surface area contributed by atoms with Crippen LogP contribution in [0, 0.1) is 0 Å². The number of hydrogen-bond donors (Lipinski definition) is 1. The molecular weight excluding hydrogens is 198 g/mol. The Morgan fingerprint density at radius 3 is 2.73 bits per heavy atom. The Balaban J connectivity index is 3.58. The molecule has 0 amide bonds. The highest BCUT2D eigenvalue weighted by molar-refractivity contribution is 6.25. The van der Waals surface area contributed by atoms with Gasteiger partial charge in [-0.1, -0.05) is 6.42 Å². The van der Waals surface area contributed by atoms with E-state index in [9.17, 15) is 9.59 Å². The van der Waals surface area contributed by atoms with Crippen molar-refractivity contribution < 1.29 is 19.1 Å². The van der Waals surface area contributed by atoms with Gasteiger partial charge in [-0.25, -0.2) is 0 Å². The normalized spacial score (nSPS) is 11.3. The molecule has 0 aliphatic heterocycles. The second-order valence-corrected chi connectivity index (χ2v) is 3.09. The zero-order valence-corrected chi connectivity index (χ0v) is 8.68. The third-order valence-corrected chi connectivity index (χ3v) is 1.89. The molecule has 0 heterocycles. The lowest BCUT2D eigenvalue weighted by atomic mass is 10.1. The first kappa shape index (κ1) is 13.5. The summed E-state index contributed by atoms with van der Waals surface area (Å²) in [7, 11) is 1.28. The molecule has 0 bridgehead atoms. The highest BCUT2D eigenvalue weighted by Gasteiger charge is 2.13. The number of Topliss-reactive ketones (excluding diaryl/α,β-unsaturated/α-hetero) is 1. The Kier molecular flexibility index (Phi) is 7.05. The average molecular weight is 213 g/mol. The number of rotatable bonds is 7. The molecule has 1 atom stereocenters. The SMILES string of the molecule is COC(=O)C(N)CCCCC(=O)C=[N+]=[N-]. The quantitative estimate of drug-likeness (QED) is 0.210. The molecule has 15 heavy (non-hydrogen) atoms. The molecule has 84 valence electrons. The number of methoxy groups -OCH3 is 1. The van der Waals surface area contributed by atoms with Crippen LogP contribution in [-0.4, -0.2) is 35.9 Å². The number of nitrogens with two attached hydrogens (primary N) is 1. The number of nitrogens with zero attached hydrogens (tertiary/aromatic N) is 2. The van der Waals surface area contributed by atoms with Crippen LogP contribution in [0.15, 0.2) is 0 Å². The number of carbonyl (C=O) groups is 2. The van der Waals surface area contributed by atoms with Crippen LogP contribution >= 0.6 is 0 Å². The van der Waals surface area contributed by atoms with Gasteiger partial charge in [-0.15, -0.1) is 0 Å². The van der Waals surface area contributed by atoms with E-state index in [0.29, 0.717) is 19.3 Å². The Morgan fingerprint density at radius 1 is 1.53 bits per heavy atom. The molecule has 0 aliphatic carbocycles. The monoisotopic (exact) mass is 213 g/mol. The topological polar surface area (TPSA) is 106 Å². The fourth-order valence-corrected chi connectivity index (χ4v) is 1.06. The van der Waals surface area contributed by atoms with Gasteiger partial charge in [0.25, 0.3) is 0 Å². The molecule has 1 unspecified atom stereocenters. The van der Waals surface area contributed by atoms with Crippen LogP contribution in [0.2, 0.25) is 0 Å². The van der Waals surface area contributed by atoms with Crippen LogP contribution in [0.1, 0.15) is 25.7 Å². The number of ether oxygens (including phenoxy) is 1. The molecule has 2 N–H and O–H groups in total. The number of hydrogen-bond acceptors (Lipinski definition) is 4. The van der Waals surface area contributed by atoms with Crippen LogP contribution in [0.4, 0.5) is 0 Å². The molecule has 6 heteroatoms. The predicted octanol–water partition coefficient (Wildman–Crippen LogP) is -0.0832. The van der Waals surface area contributed by atoms with Gasteiger partial charge in [-0.2, -0.15) is 4.79 Å². The van der Waals surface area contributed by atoms with Crippen molar-refractivity contribution in [2.75, 3.05) is 7.11 Å². The van der Waals surface area contributed by atoms with Crippen molar-refractivity contribution in [1.82, 2.24) is 0 Å². The zero-order chi connectivity index (χ0) is 11.7. The first-order valence-electron chi connectivity index (χ1n) is 4.65. The smallest absolute Gasteiger partial charge is 0.323 e. The molecule has 0 fully saturated rings. The number of carbonyl (C=O) groups excluding carboxylic acids is 2. The van der Waals surface area contributed by atoms with Gasteiger partial charge in [0.15, 0.2) is 0 Å². The van der Waals surface area contributed by atoms with Crippen LogP contribution in [0.3, 0.4) is 0 Å². The van der Waals surface area contributed by atoms with E-state index >= 15 is 0 Å². The van der Waals surface area contributed by atoms with Gasteiger partial charge in [0.2, 0.25) is 5.78 Å². The van der Waals surface area contributed by atoms with Gasteiger partial charge in [0, 0.05) is 6.42 Å². The highest BCUT2D eigenvalue weighted by Crippen LogP contribution is 2.03. The van der Waals surface area contributed by atoms with Gasteiger partial charge in [0.05, 0.1) is 7.11 Å². The Hall–Kier alpha value is -1.52. The summed E-state index contributed by atoms with van der Waals surface area (Å²) < 4.78 is 4.44. The predicted molar refractivity (Wildman–Crippen MR) is 53.1 cm³/mol. The zero-order valence-electron chi connectivity index (χ0n) is 8.68. The maximum Gasteiger partial charge on any atom is 0.323 e. The molecule has 0 aromatic heterocycles. The molecule has 0 aromatic carbocycles. The van der Waals surface area contributed by atoms with Gasteiger partial charge in [0.1, 0.15) is 6.04 Å². The van der Waals surface area contributed by atoms with E-state index in [4.69, 9.17) is 11.3 Å². The molecule has 0 aromatic rings. The van der Waals surface area contributed by atoms with Crippen molar-refractivity contribution in [2.24, 2.45) is 5.73 Å². The molecule has 0 saturated heterocycles. The summed E-state index contributed by atoms with van der Waals surface area (Å²) in [5, 5.41) is 0. The molecule has 0 radical (unpaired) electrons. The van der Waals surface area contributed by atoms with E-state index in [2.05, 4.69) is 9.53 Å². The number of esters is 1. The summed E-state index contributed by atoms with van der Waals surface area (Å²) in [5.41, 5.74) is 13.5. The fraction of sp³-hybridized carbons (Fsp3) is 0.667. The maximum absolute atomic E-state index is 10.9. The van der Waals surface area contributed by atoms with E-state index in [1.165, 1.54) is 7.11 Å². The Morgan fingerprint density at radius 2 is 2.20 bits per heavy atom. The summed E-state index contributed by atoms with van der Waals surface area (Å²) in [4.78, 5) is 24.3. The second kappa shape index (κ2) is 7.84. The fourth-order valence-electron chi connectivity index (χ4n) is 1.06. The highest BCUT2D eigenvalue weighted by atomic mass is 16.5. The minimum Gasteiger partial charge on any atom is -0.468 e. The van der Waals surface area contributed by atoms with E-state index in [0.717, 1.165) is 6.21 Å². The van der Waals surface area contributed by atoms with Crippen LogP contribution < -0.4 is 5.73 Å². The van der Waals surface area contributed by atoms with E-state index < -0.39 is 12.0 Å². The summed E-state index contributed by atoms with van der Waals surface area (Å²) in [6.45, 7) is 0. The van der Waals surface area contributed by atoms with Crippen molar-refractivity contribution in [2.45, 2.75) is 31.7 Å². The summed E-state index contributed by atoms with van der Waals surface area (Å²) in [6, 6.07) is -0.628. The van der Waals surface area contributed by atoms with E-state index in [1.54, 1.807) is 0 Å². The molecular formula is C9H15N3O3. The minimum absolute atomic E-state index is 0.246. The Bertz CT molecular complexity index is 272. The standard InChI is InChI=1S/C9H15N3O3/c1-15-9(14)8(10)5-3-2-4-7(13)6-12-11/h6,8H,2-5,10H2,1H3. The molecule has 6 nitrogen and oxygen atoms in total. The van der Waals surface area contributed by atoms with Crippen LogP contribution in [0.5, 0.6) is 0 Å². The van der Waals surface area contributed by atoms with Crippen molar-refractivity contribution in [3.8, 4) is 0 Å².